The van der Waals surface area contributed by atoms with Gasteiger partial charge in [0.25, 0.3) is 0 Å². The molecule has 1 saturated heterocycles. The summed E-state index contributed by atoms with van der Waals surface area (Å²) in [6.45, 7) is 2.16. The summed E-state index contributed by atoms with van der Waals surface area (Å²) in [5.41, 5.74) is 8.75. The summed E-state index contributed by atoms with van der Waals surface area (Å²) in [5, 5.41) is 14.4. The van der Waals surface area contributed by atoms with Crippen molar-refractivity contribution in [1.82, 2.24) is 19.9 Å². The first-order valence-corrected chi connectivity index (χ1v) is 9.39. The molecule has 26 heavy (non-hydrogen) atoms. The van der Waals surface area contributed by atoms with Gasteiger partial charge in [-0.15, -0.1) is 0 Å². The minimum Gasteiger partial charge on any atom is -0.390 e. The molecule has 136 valence electrons. The number of aliphatic hydroxyl groups excluding tert-OH is 1. The predicted octanol–water partition coefficient (Wildman–Crippen LogP) is 2.36. The van der Waals surface area contributed by atoms with Crippen LogP contribution < -0.4 is 11.1 Å². The molecule has 8 heteroatoms. The molecule has 1 fully saturated rings. The molecule has 3 heterocycles. The number of halogens is 1. The molecular formula is C18H21BrN6O. The number of aromatic amines is 1. The van der Waals surface area contributed by atoms with E-state index in [9.17, 15) is 5.11 Å². The minimum absolute atomic E-state index is 0.133. The monoisotopic (exact) mass is 416 g/mol. The number of nitrogens with one attached hydrogen (secondary N) is 2. The third-order valence-corrected chi connectivity index (χ3v) is 5.24. The number of hydrogen-bond acceptors (Lipinski definition) is 6. The highest BCUT2D eigenvalue weighted by molar-refractivity contribution is 9.10. The van der Waals surface area contributed by atoms with Crippen LogP contribution in [0.5, 0.6) is 0 Å². The molecule has 0 unspecified atom stereocenters. The lowest BCUT2D eigenvalue weighted by atomic mass is 10.0. The second kappa shape index (κ2) is 7.32. The van der Waals surface area contributed by atoms with Crippen LogP contribution in [0.2, 0.25) is 0 Å². The van der Waals surface area contributed by atoms with Crippen molar-refractivity contribution in [3.05, 3.63) is 46.8 Å². The van der Waals surface area contributed by atoms with Gasteiger partial charge < -0.3 is 21.1 Å². The van der Waals surface area contributed by atoms with Gasteiger partial charge in [-0.25, -0.2) is 9.97 Å². The largest absolute Gasteiger partial charge is 0.390 e. The van der Waals surface area contributed by atoms with Crippen LogP contribution in [0.25, 0.3) is 11.0 Å². The van der Waals surface area contributed by atoms with Crippen molar-refractivity contribution in [3.63, 3.8) is 0 Å². The van der Waals surface area contributed by atoms with Crippen molar-refractivity contribution >= 4 is 38.5 Å². The molecule has 0 saturated carbocycles. The quantitative estimate of drug-likeness (QED) is 0.520. The molecule has 5 N–H and O–H groups in total. The van der Waals surface area contributed by atoms with Crippen LogP contribution >= 0.6 is 15.9 Å². The lowest BCUT2D eigenvalue weighted by Crippen LogP contribution is -2.50. The maximum absolute atomic E-state index is 10.0. The number of benzene rings is 1. The minimum atomic E-state index is -0.482. The molecule has 2 atom stereocenters. The number of aliphatic hydroxyl groups is 1. The van der Waals surface area contributed by atoms with E-state index in [4.69, 9.17) is 5.73 Å². The summed E-state index contributed by atoms with van der Waals surface area (Å²) < 4.78 is 1.00. The van der Waals surface area contributed by atoms with Crippen molar-refractivity contribution in [2.45, 2.75) is 25.1 Å². The standard InChI is InChI=1S/C18H21BrN6O/c19-12-2-1-3-13(6-12)24-18-16-11(7-21-17(16)22-10-23-18)8-25-5-4-14(20)15(26)9-25/h1-3,6-7,10,14-15,26H,4-5,8-9,20H2,(H2,21,22,23,24)/t14-,15-/m0/s1. The lowest BCUT2D eigenvalue weighted by molar-refractivity contribution is 0.0501. The van der Waals surface area contributed by atoms with E-state index in [1.54, 1.807) is 6.33 Å². The Balaban J connectivity index is 1.62. The molecular weight excluding hydrogens is 396 g/mol. The number of piperidine rings is 1. The first kappa shape index (κ1) is 17.4. The van der Waals surface area contributed by atoms with Crippen LogP contribution in [0.3, 0.4) is 0 Å². The van der Waals surface area contributed by atoms with E-state index in [-0.39, 0.29) is 6.04 Å². The number of fused-ring (bicyclic) bond motifs is 1. The first-order chi connectivity index (χ1) is 12.6. The number of rotatable bonds is 4. The Kier molecular flexibility index (Phi) is 4.90. The Morgan fingerprint density at radius 1 is 1.38 bits per heavy atom. The van der Waals surface area contributed by atoms with Crippen molar-refractivity contribution < 1.29 is 5.11 Å². The maximum Gasteiger partial charge on any atom is 0.143 e. The SMILES string of the molecule is N[C@H]1CCN(Cc2c[nH]c3ncnc(Nc4cccc(Br)c4)c23)C[C@@H]1O. The van der Waals surface area contributed by atoms with Gasteiger partial charge in [-0.05, 0) is 30.2 Å². The summed E-state index contributed by atoms with van der Waals surface area (Å²) >= 11 is 3.49. The highest BCUT2D eigenvalue weighted by Crippen LogP contribution is 2.28. The molecule has 4 rings (SSSR count). The highest BCUT2D eigenvalue weighted by atomic mass is 79.9. The van der Waals surface area contributed by atoms with E-state index >= 15 is 0 Å². The van der Waals surface area contributed by atoms with Gasteiger partial charge in [-0.2, -0.15) is 0 Å². The van der Waals surface area contributed by atoms with Gasteiger partial charge in [0, 0.05) is 42.0 Å². The smallest absolute Gasteiger partial charge is 0.143 e. The average Bonchev–Trinajstić information content (AvgIpc) is 3.02. The van der Waals surface area contributed by atoms with E-state index in [2.05, 4.69) is 41.1 Å². The van der Waals surface area contributed by atoms with Crippen LogP contribution in [-0.4, -0.2) is 50.2 Å². The van der Waals surface area contributed by atoms with Crippen molar-refractivity contribution in [1.29, 1.82) is 0 Å². The molecule has 0 radical (unpaired) electrons. The van der Waals surface area contributed by atoms with Crippen LogP contribution in [0.4, 0.5) is 11.5 Å². The summed E-state index contributed by atoms with van der Waals surface area (Å²) in [4.78, 5) is 14.2. The van der Waals surface area contributed by atoms with Gasteiger partial charge in [0.15, 0.2) is 0 Å². The lowest BCUT2D eigenvalue weighted by Gasteiger charge is -2.33. The van der Waals surface area contributed by atoms with E-state index in [0.717, 1.165) is 45.5 Å². The number of nitrogens with zero attached hydrogens (tertiary/aromatic N) is 3. The Morgan fingerprint density at radius 2 is 2.27 bits per heavy atom. The fraction of sp³-hybridized carbons (Fsp3) is 0.333. The van der Waals surface area contributed by atoms with Crippen LogP contribution in [0.15, 0.2) is 41.3 Å². The number of β-amino-alcohol motifs (C(OH)–C–C–N with tert-alkyl or cyclic N) is 1. The number of anilines is 2. The summed E-state index contributed by atoms with van der Waals surface area (Å²) in [5.74, 6) is 0.763. The zero-order valence-corrected chi connectivity index (χ0v) is 15.8. The van der Waals surface area contributed by atoms with Crippen LogP contribution in [0.1, 0.15) is 12.0 Å². The molecule has 0 amide bonds. The van der Waals surface area contributed by atoms with Gasteiger partial charge in [0.1, 0.15) is 17.8 Å². The number of likely N-dealkylation sites (tertiary alicyclic amines) is 1. The Labute approximate surface area is 159 Å². The van der Waals surface area contributed by atoms with Gasteiger partial charge >= 0.3 is 0 Å². The van der Waals surface area contributed by atoms with E-state index in [1.165, 1.54) is 0 Å². The molecule has 0 bridgehead atoms. The number of H-pyrrole nitrogens is 1. The molecule has 0 spiro atoms. The molecule has 2 aromatic heterocycles. The molecule has 3 aromatic rings. The van der Waals surface area contributed by atoms with Gasteiger partial charge in [0.2, 0.25) is 0 Å². The molecule has 0 aliphatic carbocycles. The van der Waals surface area contributed by atoms with E-state index in [1.807, 2.05) is 30.5 Å². The third kappa shape index (κ3) is 3.59. The molecule has 1 aliphatic rings. The predicted molar refractivity (Wildman–Crippen MR) is 105 cm³/mol. The normalized spacial score (nSPS) is 21.2. The summed E-state index contributed by atoms with van der Waals surface area (Å²) in [7, 11) is 0. The number of nitrogens with two attached hydrogens (primary N) is 1. The zero-order chi connectivity index (χ0) is 18.1. The highest BCUT2D eigenvalue weighted by Gasteiger charge is 2.25. The fourth-order valence-corrected chi connectivity index (χ4v) is 3.75. The van der Waals surface area contributed by atoms with Crippen molar-refractivity contribution in [2.75, 3.05) is 18.4 Å². The second-order valence-corrected chi connectivity index (χ2v) is 7.57. The zero-order valence-electron chi connectivity index (χ0n) is 14.2. The van der Waals surface area contributed by atoms with Gasteiger partial charge in [0.05, 0.1) is 11.5 Å². The Hall–Kier alpha value is -2.00. The molecule has 1 aliphatic heterocycles. The topological polar surface area (TPSA) is 103 Å². The summed E-state index contributed by atoms with van der Waals surface area (Å²) in [6, 6.07) is 7.82. The molecule has 7 nitrogen and oxygen atoms in total. The number of aromatic nitrogens is 3. The average molecular weight is 417 g/mol. The fourth-order valence-electron chi connectivity index (χ4n) is 3.35. The van der Waals surface area contributed by atoms with E-state index in [0.29, 0.717) is 13.1 Å². The van der Waals surface area contributed by atoms with Crippen molar-refractivity contribution in [3.8, 4) is 0 Å². The Morgan fingerprint density at radius 3 is 3.08 bits per heavy atom. The maximum atomic E-state index is 10.0. The Bertz CT molecular complexity index is 914. The van der Waals surface area contributed by atoms with Gasteiger partial charge in [-0.3, -0.25) is 4.90 Å². The second-order valence-electron chi connectivity index (χ2n) is 6.65. The van der Waals surface area contributed by atoms with E-state index < -0.39 is 6.10 Å². The number of hydrogen-bond donors (Lipinski definition) is 4. The summed E-state index contributed by atoms with van der Waals surface area (Å²) in [6.07, 6.45) is 3.83. The molecule has 1 aromatic carbocycles. The first-order valence-electron chi connectivity index (χ1n) is 8.59. The van der Waals surface area contributed by atoms with Gasteiger partial charge in [-0.1, -0.05) is 22.0 Å². The van der Waals surface area contributed by atoms with Crippen LogP contribution in [0, 0.1) is 0 Å². The third-order valence-electron chi connectivity index (χ3n) is 4.75. The van der Waals surface area contributed by atoms with Crippen molar-refractivity contribution in [2.24, 2.45) is 5.73 Å². The van der Waals surface area contributed by atoms with Crippen LogP contribution in [-0.2, 0) is 6.54 Å².